The van der Waals surface area contributed by atoms with Gasteiger partial charge in [0.25, 0.3) is 5.91 Å². The summed E-state index contributed by atoms with van der Waals surface area (Å²) in [6, 6.07) is 11.1. The van der Waals surface area contributed by atoms with Gasteiger partial charge in [0.05, 0.1) is 0 Å². The normalized spacial score (nSPS) is 16.4. The average molecular weight is 384 g/mol. The van der Waals surface area contributed by atoms with Crippen molar-refractivity contribution in [3.63, 3.8) is 0 Å². The maximum absolute atomic E-state index is 12.7. The molecular weight excluding hydrogens is 361 g/mol. The first-order valence-corrected chi connectivity index (χ1v) is 7.80. The first kappa shape index (κ1) is 21.0. The molecule has 1 unspecified atom stereocenters. The molecule has 1 aliphatic heterocycles. The molecule has 1 amide bonds. The number of anilines is 2. The van der Waals surface area contributed by atoms with Crippen LogP contribution in [0.25, 0.3) is 0 Å². The van der Waals surface area contributed by atoms with Gasteiger partial charge in [-0.15, -0.1) is 29.9 Å². The van der Waals surface area contributed by atoms with Gasteiger partial charge in [0, 0.05) is 43.6 Å². The van der Waals surface area contributed by atoms with E-state index in [-0.39, 0.29) is 36.8 Å². The number of aromatic nitrogens is 2. The minimum Gasteiger partial charge on any atom is -0.399 e. The van der Waals surface area contributed by atoms with Crippen molar-refractivity contribution in [2.75, 3.05) is 30.8 Å². The highest BCUT2D eigenvalue weighted by Gasteiger charge is 2.27. The second-order valence-corrected chi connectivity index (χ2v) is 5.87. The molecule has 8 heteroatoms. The Balaban J connectivity index is 0.00000156. The number of piperidine rings is 1. The Bertz CT molecular complexity index is 686. The molecular formula is C17H23Cl2N5O. The number of benzene rings is 1. The summed E-state index contributed by atoms with van der Waals surface area (Å²) in [5.74, 6) is 0.866. The number of rotatable bonds is 3. The summed E-state index contributed by atoms with van der Waals surface area (Å²) in [7, 11) is 1.86. The van der Waals surface area contributed by atoms with Crippen LogP contribution in [0.5, 0.6) is 0 Å². The quantitative estimate of drug-likeness (QED) is 0.824. The van der Waals surface area contributed by atoms with Crippen LogP contribution in [-0.2, 0) is 0 Å². The molecule has 25 heavy (non-hydrogen) atoms. The third-order valence-electron chi connectivity index (χ3n) is 4.28. The Hall–Kier alpha value is -2.05. The van der Waals surface area contributed by atoms with Crippen LogP contribution in [0.3, 0.4) is 0 Å². The lowest BCUT2D eigenvalue weighted by Crippen LogP contribution is -2.48. The molecule has 1 atom stereocenters. The summed E-state index contributed by atoms with van der Waals surface area (Å²) >= 11 is 0. The van der Waals surface area contributed by atoms with Gasteiger partial charge in [0.1, 0.15) is 0 Å². The van der Waals surface area contributed by atoms with Crippen LogP contribution in [0.4, 0.5) is 11.5 Å². The van der Waals surface area contributed by atoms with E-state index in [1.165, 1.54) is 0 Å². The molecule has 1 aromatic heterocycles. The Morgan fingerprint density at radius 2 is 2.08 bits per heavy atom. The van der Waals surface area contributed by atoms with Crippen molar-refractivity contribution in [1.29, 1.82) is 0 Å². The standard InChI is InChI=1S/C17H21N5O.2ClH/c1-21(17(23)13-5-2-6-14(18)11-13)15-7-4-10-22(12-15)16-8-3-9-19-20-16;;/h2-3,5-6,8-9,11,15H,4,7,10,12,18H2,1H3;2*1H. The third-order valence-corrected chi connectivity index (χ3v) is 4.28. The molecule has 0 spiro atoms. The molecule has 2 heterocycles. The van der Waals surface area contributed by atoms with E-state index in [4.69, 9.17) is 5.73 Å². The third kappa shape index (κ3) is 4.96. The number of nitrogen functional groups attached to an aromatic ring is 1. The molecule has 1 aliphatic rings. The lowest BCUT2D eigenvalue weighted by atomic mass is 10.0. The molecule has 136 valence electrons. The SMILES string of the molecule is CN(C(=O)c1cccc(N)c1)C1CCCN(c2cccnn2)C1.Cl.Cl. The van der Waals surface area contributed by atoms with Gasteiger partial charge in [-0.25, -0.2) is 0 Å². The fourth-order valence-corrected chi connectivity index (χ4v) is 2.98. The molecule has 2 N–H and O–H groups in total. The summed E-state index contributed by atoms with van der Waals surface area (Å²) < 4.78 is 0. The molecule has 0 radical (unpaired) electrons. The Morgan fingerprint density at radius 1 is 1.28 bits per heavy atom. The van der Waals surface area contributed by atoms with Crippen molar-refractivity contribution in [2.24, 2.45) is 0 Å². The van der Waals surface area contributed by atoms with Gasteiger partial charge in [0.2, 0.25) is 0 Å². The number of nitrogens with two attached hydrogens (primary N) is 1. The molecule has 0 aliphatic carbocycles. The molecule has 6 nitrogen and oxygen atoms in total. The number of halogens is 2. The predicted octanol–water partition coefficient (Wildman–Crippen LogP) is 2.64. The minimum atomic E-state index is 0. The predicted molar refractivity (Wildman–Crippen MR) is 105 cm³/mol. The van der Waals surface area contributed by atoms with Gasteiger partial charge in [-0.3, -0.25) is 4.79 Å². The second-order valence-electron chi connectivity index (χ2n) is 5.87. The van der Waals surface area contributed by atoms with Crippen molar-refractivity contribution < 1.29 is 4.79 Å². The Morgan fingerprint density at radius 3 is 2.76 bits per heavy atom. The second kappa shape index (κ2) is 9.44. The van der Waals surface area contributed by atoms with Crippen LogP contribution in [0.1, 0.15) is 23.2 Å². The van der Waals surface area contributed by atoms with E-state index in [1.54, 1.807) is 24.4 Å². The highest BCUT2D eigenvalue weighted by molar-refractivity contribution is 5.95. The van der Waals surface area contributed by atoms with Crippen molar-refractivity contribution in [2.45, 2.75) is 18.9 Å². The fraction of sp³-hybridized carbons (Fsp3) is 0.353. The molecule has 1 aromatic carbocycles. The zero-order chi connectivity index (χ0) is 16.2. The maximum Gasteiger partial charge on any atom is 0.253 e. The lowest BCUT2D eigenvalue weighted by molar-refractivity contribution is 0.0717. The van der Waals surface area contributed by atoms with E-state index in [2.05, 4.69) is 15.1 Å². The largest absolute Gasteiger partial charge is 0.399 e. The molecule has 2 aromatic rings. The van der Waals surface area contributed by atoms with Gasteiger partial charge in [-0.1, -0.05) is 6.07 Å². The topological polar surface area (TPSA) is 75.3 Å². The molecule has 0 bridgehead atoms. The van der Waals surface area contributed by atoms with Crippen LogP contribution in [0, 0.1) is 0 Å². The summed E-state index contributed by atoms with van der Waals surface area (Å²) in [4.78, 5) is 16.7. The van der Waals surface area contributed by atoms with Crippen LogP contribution < -0.4 is 10.6 Å². The van der Waals surface area contributed by atoms with Gasteiger partial charge in [-0.2, -0.15) is 5.10 Å². The summed E-state index contributed by atoms with van der Waals surface area (Å²) in [6.07, 6.45) is 3.68. The average Bonchev–Trinajstić information content (AvgIpc) is 2.61. The van der Waals surface area contributed by atoms with Crippen molar-refractivity contribution in [3.8, 4) is 0 Å². The molecule has 3 rings (SSSR count). The van der Waals surface area contributed by atoms with Crippen LogP contribution in [0.2, 0.25) is 0 Å². The van der Waals surface area contributed by atoms with Crippen LogP contribution in [0.15, 0.2) is 42.6 Å². The first-order valence-electron chi connectivity index (χ1n) is 7.80. The molecule has 0 saturated carbocycles. The summed E-state index contributed by atoms with van der Waals surface area (Å²) in [5, 5.41) is 8.10. The monoisotopic (exact) mass is 383 g/mol. The molecule has 1 fully saturated rings. The van der Waals surface area contributed by atoms with Gasteiger partial charge < -0.3 is 15.5 Å². The van der Waals surface area contributed by atoms with Crippen molar-refractivity contribution in [3.05, 3.63) is 48.2 Å². The minimum absolute atomic E-state index is 0. The van der Waals surface area contributed by atoms with E-state index in [1.807, 2.05) is 30.1 Å². The van der Waals surface area contributed by atoms with Gasteiger partial charge in [-0.05, 0) is 43.2 Å². The van der Waals surface area contributed by atoms with E-state index >= 15 is 0 Å². The van der Waals surface area contributed by atoms with Gasteiger partial charge >= 0.3 is 0 Å². The summed E-state index contributed by atoms with van der Waals surface area (Å²) in [5.41, 5.74) is 7.01. The smallest absolute Gasteiger partial charge is 0.253 e. The van der Waals surface area contributed by atoms with E-state index in [9.17, 15) is 4.79 Å². The number of carbonyl (C=O) groups excluding carboxylic acids is 1. The zero-order valence-corrected chi connectivity index (χ0v) is 15.7. The first-order chi connectivity index (χ1) is 11.1. The maximum atomic E-state index is 12.7. The van der Waals surface area contributed by atoms with Gasteiger partial charge in [0.15, 0.2) is 5.82 Å². The van der Waals surface area contributed by atoms with E-state index < -0.39 is 0 Å². The van der Waals surface area contributed by atoms with E-state index in [0.29, 0.717) is 11.3 Å². The number of carbonyl (C=O) groups is 1. The Labute approximate surface area is 160 Å². The highest BCUT2D eigenvalue weighted by Crippen LogP contribution is 2.21. The highest BCUT2D eigenvalue weighted by atomic mass is 35.5. The number of hydrogen-bond acceptors (Lipinski definition) is 5. The number of hydrogen-bond donors (Lipinski definition) is 1. The number of nitrogens with zero attached hydrogens (tertiary/aromatic N) is 4. The Kier molecular flexibility index (Phi) is 7.93. The molecule has 1 saturated heterocycles. The summed E-state index contributed by atoms with van der Waals surface area (Å²) in [6.45, 7) is 1.71. The fourth-order valence-electron chi connectivity index (χ4n) is 2.98. The van der Waals surface area contributed by atoms with Crippen molar-refractivity contribution in [1.82, 2.24) is 15.1 Å². The zero-order valence-electron chi connectivity index (χ0n) is 14.0. The van der Waals surface area contributed by atoms with Crippen molar-refractivity contribution >= 4 is 42.2 Å². The lowest BCUT2D eigenvalue weighted by Gasteiger charge is -2.38. The van der Waals surface area contributed by atoms with Crippen LogP contribution in [-0.4, -0.2) is 47.2 Å². The number of likely N-dealkylation sites (N-methyl/N-ethyl adjacent to an activating group) is 1. The van der Waals surface area contributed by atoms with Crippen LogP contribution >= 0.6 is 24.8 Å². The van der Waals surface area contributed by atoms with E-state index in [0.717, 1.165) is 31.7 Å². The number of amides is 1.